The van der Waals surface area contributed by atoms with Gasteiger partial charge in [0.25, 0.3) is 0 Å². The summed E-state index contributed by atoms with van der Waals surface area (Å²) >= 11 is 3.37. The molecule has 2 aromatic rings. The van der Waals surface area contributed by atoms with Crippen LogP contribution in [0.1, 0.15) is 18.0 Å². The van der Waals surface area contributed by atoms with E-state index in [9.17, 15) is 9.59 Å². The molecule has 0 radical (unpaired) electrons. The summed E-state index contributed by atoms with van der Waals surface area (Å²) in [6.07, 6.45) is 1.53. The van der Waals surface area contributed by atoms with Crippen LogP contribution in [0, 0.1) is 0 Å². The van der Waals surface area contributed by atoms with Crippen molar-refractivity contribution >= 4 is 33.6 Å². The standard InChI is InChI=1S/C16H17BrN4O3/c1-24-15-6-5-12(9-19-15)20-14(22)8-13(21-16(18)23)10-3-2-4-11(17)7-10/h2-7,9,13H,8H2,1H3,(H,20,22)(H3,18,21,23)/t13-/m0/s1. The zero-order valence-electron chi connectivity index (χ0n) is 13.0. The topological polar surface area (TPSA) is 106 Å². The van der Waals surface area contributed by atoms with Crippen molar-refractivity contribution in [3.8, 4) is 5.88 Å². The number of halogens is 1. The molecule has 24 heavy (non-hydrogen) atoms. The van der Waals surface area contributed by atoms with E-state index >= 15 is 0 Å². The number of nitrogens with one attached hydrogen (secondary N) is 2. The number of primary amides is 1. The highest BCUT2D eigenvalue weighted by molar-refractivity contribution is 9.10. The molecule has 0 aliphatic rings. The lowest BCUT2D eigenvalue weighted by atomic mass is 10.0. The van der Waals surface area contributed by atoms with Crippen LogP contribution in [0.3, 0.4) is 0 Å². The van der Waals surface area contributed by atoms with Gasteiger partial charge in [0.05, 0.1) is 31.5 Å². The number of aromatic nitrogens is 1. The van der Waals surface area contributed by atoms with Crippen LogP contribution in [0.25, 0.3) is 0 Å². The van der Waals surface area contributed by atoms with E-state index in [1.807, 2.05) is 24.3 Å². The van der Waals surface area contributed by atoms with Gasteiger partial charge in [-0.25, -0.2) is 9.78 Å². The molecule has 0 aliphatic carbocycles. The number of urea groups is 1. The number of hydrogen-bond donors (Lipinski definition) is 3. The third-order valence-electron chi connectivity index (χ3n) is 3.19. The Morgan fingerprint density at radius 1 is 1.33 bits per heavy atom. The number of rotatable bonds is 6. The number of hydrogen-bond acceptors (Lipinski definition) is 4. The van der Waals surface area contributed by atoms with Crippen LogP contribution < -0.4 is 21.1 Å². The molecule has 126 valence electrons. The zero-order valence-corrected chi connectivity index (χ0v) is 14.5. The Kier molecular flexibility index (Phi) is 6.14. The lowest BCUT2D eigenvalue weighted by molar-refractivity contribution is -0.116. The number of nitrogens with zero attached hydrogens (tertiary/aromatic N) is 1. The Balaban J connectivity index is 2.07. The molecule has 0 bridgehead atoms. The van der Waals surface area contributed by atoms with Crippen molar-refractivity contribution in [3.63, 3.8) is 0 Å². The van der Waals surface area contributed by atoms with Crippen LogP contribution in [0.15, 0.2) is 47.1 Å². The van der Waals surface area contributed by atoms with E-state index in [0.717, 1.165) is 10.0 Å². The predicted molar refractivity (Wildman–Crippen MR) is 93.6 cm³/mol. The highest BCUT2D eigenvalue weighted by Crippen LogP contribution is 2.21. The van der Waals surface area contributed by atoms with Crippen LogP contribution >= 0.6 is 15.9 Å². The van der Waals surface area contributed by atoms with Crippen molar-refractivity contribution in [1.29, 1.82) is 0 Å². The molecule has 8 heteroatoms. The van der Waals surface area contributed by atoms with E-state index in [2.05, 4.69) is 31.5 Å². The molecule has 0 saturated heterocycles. The molecule has 1 aromatic carbocycles. The average Bonchev–Trinajstić information content (AvgIpc) is 2.54. The van der Waals surface area contributed by atoms with Crippen molar-refractivity contribution < 1.29 is 14.3 Å². The SMILES string of the molecule is COc1ccc(NC(=O)C[C@H](NC(N)=O)c2cccc(Br)c2)cn1. The van der Waals surface area contributed by atoms with Crippen LogP contribution in [0.4, 0.5) is 10.5 Å². The van der Waals surface area contributed by atoms with Gasteiger partial charge in [-0.3, -0.25) is 4.79 Å². The smallest absolute Gasteiger partial charge is 0.312 e. The summed E-state index contributed by atoms with van der Waals surface area (Å²) in [4.78, 5) is 27.5. The van der Waals surface area contributed by atoms with Crippen molar-refractivity contribution in [2.75, 3.05) is 12.4 Å². The van der Waals surface area contributed by atoms with E-state index in [-0.39, 0.29) is 12.3 Å². The molecular weight excluding hydrogens is 376 g/mol. The van der Waals surface area contributed by atoms with Crippen molar-refractivity contribution in [3.05, 3.63) is 52.6 Å². The molecule has 1 heterocycles. The molecule has 4 N–H and O–H groups in total. The minimum Gasteiger partial charge on any atom is -0.481 e. The van der Waals surface area contributed by atoms with Gasteiger partial charge in [-0.1, -0.05) is 28.1 Å². The lowest BCUT2D eigenvalue weighted by Gasteiger charge is -2.18. The normalized spacial score (nSPS) is 11.4. The minimum absolute atomic E-state index is 0.0332. The monoisotopic (exact) mass is 392 g/mol. The van der Waals surface area contributed by atoms with Crippen molar-refractivity contribution in [2.24, 2.45) is 5.73 Å². The molecule has 0 fully saturated rings. The summed E-state index contributed by atoms with van der Waals surface area (Å²) in [5.41, 5.74) is 6.52. The minimum atomic E-state index is -0.695. The Labute approximate surface area is 147 Å². The van der Waals surface area contributed by atoms with E-state index in [0.29, 0.717) is 11.6 Å². The van der Waals surface area contributed by atoms with Crippen LogP contribution in [-0.4, -0.2) is 24.0 Å². The Hall–Kier alpha value is -2.61. The van der Waals surface area contributed by atoms with Gasteiger partial charge in [-0.05, 0) is 23.8 Å². The molecular formula is C16H17BrN4O3. The Bertz CT molecular complexity index is 722. The maximum Gasteiger partial charge on any atom is 0.312 e. The molecule has 0 spiro atoms. The van der Waals surface area contributed by atoms with E-state index in [1.54, 1.807) is 12.1 Å². The number of amides is 3. The van der Waals surface area contributed by atoms with Crippen LogP contribution in [-0.2, 0) is 4.79 Å². The summed E-state index contributed by atoms with van der Waals surface area (Å²) in [6, 6.07) is 9.40. The molecule has 0 unspecified atom stereocenters. The average molecular weight is 393 g/mol. The molecule has 7 nitrogen and oxygen atoms in total. The third-order valence-corrected chi connectivity index (χ3v) is 3.68. The Morgan fingerprint density at radius 2 is 2.12 bits per heavy atom. The van der Waals surface area contributed by atoms with E-state index < -0.39 is 12.1 Å². The largest absolute Gasteiger partial charge is 0.481 e. The van der Waals surface area contributed by atoms with Gasteiger partial charge in [-0.2, -0.15) is 0 Å². The second kappa shape index (κ2) is 8.30. The van der Waals surface area contributed by atoms with Gasteiger partial charge in [0.15, 0.2) is 0 Å². The van der Waals surface area contributed by atoms with Gasteiger partial charge >= 0.3 is 6.03 Å². The highest BCUT2D eigenvalue weighted by atomic mass is 79.9. The fraction of sp³-hybridized carbons (Fsp3) is 0.188. The van der Waals surface area contributed by atoms with Gasteiger partial charge < -0.3 is 21.1 Å². The van der Waals surface area contributed by atoms with Gasteiger partial charge in [-0.15, -0.1) is 0 Å². The first-order chi connectivity index (χ1) is 11.5. The molecule has 1 atom stereocenters. The third kappa shape index (κ3) is 5.24. The molecule has 0 saturated carbocycles. The quantitative estimate of drug-likeness (QED) is 0.701. The zero-order chi connectivity index (χ0) is 17.5. The second-order valence-corrected chi connectivity index (χ2v) is 5.87. The predicted octanol–water partition coefficient (Wildman–Crippen LogP) is 2.59. The maximum atomic E-state index is 12.2. The number of ether oxygens (including phenoxy) is 1. The van der Waals surface area contributed by atoms with E-state index in [4.69, 9.17) is 10.5 Å². The van der Waals surface area contributed by atoms with Gasteiger partial charge in [0.2, 0.25) is 11.8 Å². The lowest BCUT2D eigenvalue weighted by Crippen LogP contribution is -2.35. The first-order valence-electron chi connectivity index (χ1n) is 7.09. The van der Waals surface area contributed by atoms with Gasteiger partial charge in [0, 0.05) is 10.5 Å². The summed E-state index contributed by atoms with van der Waals surface area (Å²) < 4.78 is 5.81. The number of carbonyl (C=O) groups is 2. The summed E-state index contributed by atoms with van der Waals surface area (Å²) in [5.74, 6) is 0.177. The molecule has 1 aromatic heterocycles. The number of pyridine rings is 1. The summed E-state index contributed by atoms with van der Waals surface area (Å²) in [5, 5.41) is 5.30. The Morgan fingerprint density at radius 3 is 2.71 bits per heavy atom. The number of carbonyl (C=O) groups excluding carboxylic acids is 2. The number of nitrogens with two attached hydrogens (primary N) is 1. The fourth-order valence-corrected chi connectivity index (χ4v) is 2.54. The molecule has 0 aliphatic heterocycles. The van der Waals surface area contributed by atoms with Crippen LogP contribution in [0.2, 0.25) is 0 Å². The molecule has 2 rings (SSSR count). The van der Waals surface area contributed by atoms with Crippen molar-refractivity contribution in [1.82, 2.24) is 10.3 Å². The molecule has 3 amide bonds. The first kappa shape index (κ1) is 17.7. The summed E-state index contributed by atoms with van der Waals surface area (Å²) in [6.45, 7) is 0. The van der Waals surface area contributed by atoms with Crippen LogP contribution in [0.5, 0.6) is 5.88 Å². The number of anilines is 1. The number of benzene rings is 1. The highest BCUT2D eigenvalue weighted by Gasteiger charge is 2.18. The van der Waals surface area contributed by atoms with E-state index in [1.165, 1.54) is 13.3 Å². The maximum absolute atomic E-state index is 12.2. The fourth-order valence-electron chi connectivity index (χ4n) is 2.12. The summed E-state index contributed by atoms with van der Waals surface area (Å²) in [7, 11) is 1.51. The van der Waals surface area contributed by atoms with Crippen molar-refractivity contribution in [2.45, 2.75) is 12.5 Å². The second-order valence-electron chi connectivity index (χ2n) is 4.96. The first-order valence-corrected chi connectivity index (χ1v) is 7.88. The van der Waals surface area contributed by atoms with Gasteiger partial charge in [0.1, 0.15) is 0 Å². The number of methoxy groups -OCH3 is 1.